The lowest BCUT2D eigenvalue weighted by molar-refractivity contribution is 0.613. The third kappa shape index (κ3) is 3.54. The van der Waals surface area contributed by atoms with Crippen LogP contribution in [0.1, 0.15) is 43.6 Å². The van der Waals surface area contributed by atoms with Crippen molar-refractivity contribution in [1.29, 1.82) is 0 Å². The van der Waals surface area contributed by atoms with Crippen LogP contribution < -0.4 is 16.6 Å². The maximum Gasteiger partial charge on any atom is 0.330 e. The molecule has 3 aromatic rings. The Morgan fingerprint density at radius 1 is 1.15 bits per heavy atom. The highest BCUT2D eigenvalue weighted by Gasteiger charge is 2.17. The van der Waals surface area contributed by atoms with Gasteiger partial charge in [-0.15, -0.1) is 0 Å². The number of aromatic nitrogens is 4. The van der Waals surface area contributed by atoms with E-state index in [0.29, 0.717) is 30.8 Å². The van der Waals surface area contributed by atoms with Crippen molar-refractivity contribution >= 4 is 16.9 Å². The fourth-order valence-electron chi connectivity index (χ4n) is 3.33. The summed E-state index contributed by atoms with van der Waals surface area (Å²) in [4.78, 5) is 31.8. The minimum absolute atomic E-state index is 0.380. The molecule has 144 valence electrons. The maximum absolute atomic E-state index is 12.4. The zero-order chi connectivity index (χ0) is 19.6. The molecule has 0 spiro atoms. The number of hydrogen-bond acceptors (Lipinski definition) is 4. The average molecular weight is 369 g/mol. The molecule has 3 rings (SSSR count). The summed E-state index contributed by atoms with van der Waals surface area (Å²) in [6.45, 7) is 9.83. The number of nitrogens with zero attached hydrogens (tertiary/aromatic N) is 3. The number of unbranched alkanes of at least 4 members (excludes halogenated alkanes) is 1. The zero-order valence-electron chi connectivity index (χ0n) is 16.4. The molecule has 0 unspecified atom stereocenters. The Morgan fingerprint density at radius 2 is 1.93 bits per heavy atom. The number of aromatic amines is 1. The Morgan fingerprint density at radius 3 is 2.63 bits per heavy atom. The van der Waals surface area contributed by atoms with Crippen LogP contribution in [-0.2, 0) is 19.6 Å². The summed E-state index contributed by atoms with van der Waals surface area (Å²) in [5, 5.41) is 3.42. The third-order valence-electron chi connectivity index (χ3n) is 5.06. The second-order valence-electron chi connectivity index (χ2n) is 6.81. The topological polar surface area (TPSA) is 84.7 Å². The first-order valence-corrected chi connectivity index (χ1v) is 9.50. The Hall–Kier alpha value is -2.83. The smallest absolute Gasteiger partial charge is 0.330 e. The minimum Gasteiger partial charge on any atom is -0.378 e. The van der Waals surface area contributed by atoms with Crippen molar-refractivity contribution in [1.82, 2.24) is 19.1 Å². The lowest BCUT2D eigenvalue weighted by Crippen LogP contribution is -2.31. The molecule has 0 amide bonds. The molecule has 0 bridgehead atoms. The summed E-state index contributed by atoms with van der Waals surface area (Å²) in [5.74, 6) is 0.745. The number of aryl methyl sites for hydroxylation is 3. The monoisotopic (exact) mass is 369 g/mol. The summed E-state index contributed by atoms with van der Waals surface area (Å²) in [6.07, 6.45) is 1.82. The normalized spacial score (nSPS) is 11.3. The van der Waals surface area contributed by atoms with Gasteiger partial charge in [0.1, 0.15) is 5.82 Å². The predicted octanol–water partition coefficient (Wildman–Crippen LogP) is 2.94. The molecule has 0 saturated carbocycles. The molecule has 0 saturated heterocycles. The van der Waals surface area contributed by atoms with Gasteiger partial charge in [-0.2, -0.15) is 0 Å². The van der Waals surface area contributed by atoms with Crippen LogP contribution in [0.2, 0.25) is 0 Å². The summed E-state index contributed by atoms with van der Waals surface area (Å²) in [7, 11) is 0. The van der Waals surface area contributed by atoms with Gasteiger partial charge in [0, 0.05) is 18.8 Å². The molecule has 1 aromatic carbocycles. The van der Waals surface area contributed by atoms with Crippen LogP contribution >= 0.6 is 0 Å². The van der Waals surface area contributed by atoms with E-state index in [1.54, 1.807) is 4.57 Å². The van der Waals surface area contributed by atoms with Crippen molar-refractivity contribution in [3.8, 4) is 0 Å². The number of hydrogen-bond donors (Lipinski definition) is 2. The Kier molecular flexibility index (Phi) is 5.48. The van der Waals surface area contributed by atoms with E-state index in [0.717, 1.165) is 24.4 Å². The molecule has 0 atom stereocenters. The third-order valence-corrected chi connectivity index (χ3v) is 5.06. The Balaban J connectivity index is 2.05. The van der Waals surface area contributed by atoms with Gasteiger partial charge in [0.25, 0.3) is 5.56 Å². The largest absolute Gasteiger partial charge is 0.378 e. The van der Waals surface area contributed by atoms with Gasteiger partial charge in [0.15, 0.2) is 11.2 Å². The van der Waals surface area contributed by atoms with Gasteiger partial charge in [-0.3, -0.25) is 14.3 Å². The maximum atomic E-state index is 12.4. The van der Waals surface area contributed by atoms with Gasteiger partial charge >= 0.3 is 5.69 Å². The number of anilines is 1. The van der Waals surface area contributed by atoms with E-state index in [-0.39, 0.29) is 5.56 Å². The molecular formula is C20H27N5O2. The van der Waals surface area contributed by atoms with Crippen molar-refractivity contribution in [2.24, 2.45) is 0 Å². The number of imidazole rings is 1. The van der Waals surface area contributed by atoms with E-state index in [2.05, 4.69) is 42.1 Å². The molecule has 2 heterocycles. The van der Waals surface area contributed by atoms with E-state index >= 15 is 0 Å². The van der Waals surface area contributed by atoms with Crippen molar-refractivity contribution in [3.05, 3.63) is 56.0 Å². The van der Waals surface area contributed by atoms with E-state index in [1.807, 2.05) is 23.6 Å². The van der Waals surface area contributed by atoms with Crippen LogP contribution in [0, 0.1) is 13.8 Å². The lowest BCUT2D eigenvalue weighted by atomic mass is 10.1. The first kappa shape index (κ1) is 18.9. The highest BCUT2D eigenvalue weighted by atomic mass is 16.2. The summed E-state index contributed by atoms with van der Waals surface area (Å²) in [5.41, 5.74) is 3.61. The van der Waals surface area contributed by atoms with Crippen molar-refractivity contribution in [2.45, 2.75) is 60.2 Å². The SMILES string of the molecule is CCCCn1c(=O)[nH]c(=O)c2c1nc(CNc1cccc(C)c1C)n2CC. The van der Waals surface area contributed by atoms with Crippen LogP contribution in [0.4, 0.5) is 5.69 Å². The number of H-pyrrole nitrogens is 1. The molecule has 0 fully saturated rings. The second kappa shape index (κ2) is 7.82. The fourth-order valence-corrected chi connectivity index (χ4v) is 3.33. The average Bonchev–Trinajstić information content (AvgIpc) is 3.01. The van der Waals surface area contributed by atoms with Crippen LogP contribution in [0.25, 0.3) is 11.2 Å². The fraction of sp³-hybridized carbons (Fsp3) is 0.450. The number of nitrogens with one attached hydrogen (secondary N) is 2. The van der Waals surface area contributed by atoms with E-state index in [1.165, 1.54) is 11.1 Å². The van der Waals surface area contributed by atoms with Crippen LogP contribution in [0.15, 0.2) is 27.8 Å². The highest BCUT2D eigenvalue weighted by molar-refractivity contribution is 5.71. The molecular weight excluding hydrogens is 342 g/mol. The molecule has 2 aromatic heterocycles. The molecule has 0 aliphatic rings. The highest BCUT2D eigenvalue weighted by Crippen LogP contribution is 2.19. The summed E-state index contributed by atoms with van der Waals surface area (Å²) >= 11 is 0. The second-order valence-corrected chi connectivity index (χ2v) is 6.81. The first-order valence-electron chi connectivity index (χ1n) is 9.50. The predicted molar refractivity (Wildman–Crippen MR) is 108 cm³/mol. The summed E-state index contributed by atoms with van der Waals surface area (Å²) in [6, 6.07) is 6.12. The van der Waals surface area contributed by atoms with E-state index in [4.69, 9.17) is 0 Å². The van der Waals surface area contributed by atoms with E-state index < -0.39 is 5.69 Å². The Labute approximate surface area is 158 Å². The molecule has 27 heavy (non-hydrogen) atoms. The zero-order valence-corrected chi connectivity index (χ0v) is 16.4. The number of rotatable bonds is 7. The van der Waals surface area contributed by atoms with Crippen molar-refractivity contribution in [2.75, 3.05) is 5.32 Å². The lowest BCUT2D eigenvalue weighted by Gasteiger charge is -2.12. The molecule has 7 nitrogen and oxygen atoms in total. The van der Waals surface area contributed by atoms with E-state index in [9.17, 15) is 9.59 Å². The Bertz CT molecular complexity index is 1070. The molecule has 0 aliphatic heterocycles. The number of fused-ring (bicyclic) bond motifs is 1. The number of benzene rings is 1. The van der Waals surface area contributed by atoms with Gasteiger partial charge < -0.3 is 9.88 Å². The molecule has 2 N–H and O–H groups in total. The standard InChI is InChI=1S/C20H27N5O2/c1-5-7-11-25-18-17(19(26)23-20(25)27)24(6-2)16(22-18)12-21-15-10-8-9-13(3)14(15)4/h8-10,21H,5-7,11-12H2,1-4H3,(H,23,26,27). The van der Waals surface area contributed by atoms with Crippen molar-refractivity contribution < 1.29 is 0 Å². The minimum atomic E-state index is -0.393. The molecule has 7 heteroatoms. The van der Waals surface area contributed by atoms with Gasteiger partial charge in [-0.05, 0) is 44.4 Å². The van der Waals surface area contributed by atoms with Gasteiger partial charge in [0.05, 0.1) is 6.54 Å². The van der Waals surface area contributed by atoms with Crippen LogP contribution in [-0.4, -0.2) is 19.1 Å². The van der Waals surface area contributed by atoms with Gasteiger partial charge in [0.2, 0.25) is 0 Å². The molecule has 0 radical (unpaired) electrons. The summed E-state index contributed by atoms with van der Waals surface area (Å²) < 4.78 is 3.46. The molecule has 0 aliphatic carbocycles. The first-order chi connectivity index (χ1) is 13.0. The quantitative estimate of drug-likeness (QED) is 0.671. The van der Waals surface area contributed by atoms with Crippen LogP contribution in [0.5, 0.6) is 0 Å². The van der Waals surface area contributed by atoms with Crippen LogP contribution in [0.3, 0.4) is 0 Å². The van der Waals surface area contributed by atoms with Gasteiger partial charge in [-0.25, -0.2) is 9.78 Å². The van der Waals surface area contributed by atoms with Gasteiger partial charge in [-0.1, -0.05) is 25.5 Å². The van der Waals surface area contributed by atoms with Crippen molar-refractivity contribution in [3.63, 3.8) is 0 Å².